The molecule has 0 aromatic heterocycles. The summed E-state index contributed by atoms with van der Waals surface area (Å²) in [6, 6.07) is 0.602. The minimum atomic E-state index is 0.0171. The zero-order chi connectivity index (χ0) is 19.3. The monoisotopic (exact) mass is 365 g/mol. The summed E-state index contributed by atoms with van der Waals surface area (Å²) in [5, 5.41) is 6.36. The zero-order valence-electron chi connectivity index (χ0n) is 17.4. The van der Waals surface area contributed by atoms with E-state index in [4.69, 9.17) is 0 Å². The Morgan fingerprint density at radius 1 is 0.885 bits per heavy atom. The number of urea groups is 1. The minimum absolute atomic E-state index is 0.0171. The van der Waals surface area contributed by atoms with E-state index in [9.17, 15) is 9.59 Å². The molecule has 1 saturated heterocycles. The van der Waals surface area contributed by atoms with Crippen molar-refractivity contribution in [2.45, 2.75) is 91.6 Å². The maximum absolute atomic E-state index is 12.6. The van der Waals surface area contributed by atoms with Crippen LogP contribution in [-0.2, 0) is 4.79 Å². The highest BCUT2D eigenvalue weighted by molar-refractivity contribution is 5.78. The first-order valence-electron chi connectivity index (χ1n) is 10.5. The number of carbonyl (C=O) groups excluding carboxylic acids is 2. The van der Waals surface area contributed by atoms with E-state index in [-0.39, 0.29) is 23.9 Å². The SMILES string of the molecule is CC(C)C(=O)NC1CCN(C(=O)NC2CCCC(C(C)(C)C)CC2)CC1. The van der Waals surface area contributed by atoms with Crippen molar-refractivity contribution in [2.75, 3.05) is 13.1 Å². The number of carbonyl (C=O) groups is 2. The van der Waals surface area contributed by atoms with Gasteiger partial charge < -0.3 is 15.5 Å². The highest BCUT2D eigenvalue weighted by Gasteiger charge is 2.30. The zero-order valence-corrected chi connectivity index (χ0v) is 17.4. The molecule has 2 N–H and O–H groups in total. The molecule has 26 heavy (non-hydrogen) atoms. The lowest BCUT2D eigenvalue weighted by molar-refractivity contribution is -0.124. The van der Waals surface area contributed by atoms with E-state index in [2.05, 4.69) is 31.4 Å². The van der Waals surface area contributed by atoms with Crippen molar-refractivity contribution >= 4 is 11.9 Å². The molecule has 1 heterocycles. The number of rotatable bonds is 3. The van der Waals surface area contributed by atoms with Crippen molar-refractivity contribution in [1.29, 1.82) is 0 Å². The van der Waals surface area contributed by atoms with Crippen molar-refractivity contribution in [2.24, 2.45) is 17.3 Å². The van der Waals surface area contributed by atoms with Gasteiger partial charge in [0.15, 0.2) is 0 Å². The van der Waals surface area contributed by atoms with Crippen LogP contribution in [0.25, 0.3) is 0 Å². The average Bonchev–Trinajstić information content (AvgIpc) is 2.80. The quantitative estimate of drug-likeness (QED) is 0.745. The van der Waals surface area contributed by atoms with Crippen LogP contribution in [0.5, 0.6) is 0 Å². The first-order valence-corrected chi connectivity index (χ1v) is 10.5. The van der Waals surface area contributed by atoms with Crippen molar-refractivity contribution in [3.8, 4) is 0 Å². The lowest BCUT2D eigenvalue weighted by Gasteiger charge is -2.34. The predicted octanol–water partition coefficient (Wildman–Crippen LogP) is 3.93. The Morgan fingerprint density at radius 3 is 2.08 bits per heavy atom. The molecular weight excluding hydrogens is 326 g/mol. The van der Waals surface area contributed by atoms with E-state index in [0.29, 0.717) is 11.5 Å². The van der Waals surface area contributed by atoms with Gasteiger partial charge in [0, 0.05) is 31.1 Å². The number of nitrogens with one attached hydrogen (secondary N) is 2. The van der Waals surface area contributed by atoms with Crippen molar-refractivity contribution < 1.29 is 9.59 Å². The lowest BCUT2D eigenvalue weighted by atomic mass is 9.76. The summed E-state index contributed by atoms with van der Waals surface area (Å²) >= 11 is 0. The Balaban J connectivity index is 1.74. The molecule has 3 amide bonds. The Morgan fingerprint density at radius 2 is 1.50 bits per heavy atom. The molecule has 0 aromatic carbocycles. The summed E-state index contributed by atoms with van der Waals surface area (Å²) in [7, 11) is 0. The third kappa shape index (κ3) is 6.17. The van der Waals surface area contributed by atoms with Crippen LogP contribution in [0.4, 0.5) is 4.79 Å². The summed E-state index contributed by atoms with van der Waals surface area (Å²) in [5.74, 6) is 0.882. The number of piperidine rings is 1. The molecule has 150 valence electrons. The van der Waals surface area contributed by atoms with E-state index in [1.807, 2.05) is 18.7 Å². The number of amides is 3. The van der Waals surface area contributed by atoms with E-state index in [1.54, 1.807) is 0 Å². The average molecular weight is 366 g/mol. The summed E-state index contributed by atoms with van der Waals surface area (Å²) in [6.45, 7) is 12.3. The molecule has 0 aromatic rings. The Bertz CT molecular complexity index is 476. The molecule has 1 aliphatic heterocycles. The molecule has 1 saturated carbocycles. The molecule has 2 rings (SSSR count). The van der Waals surface area contributed by atoms with Gasteiger partial charge in [-0.2, -0.15) is 0 Å². The second kappa shape index (κ2) is 9.09. The van der Waals surface area contributed by atoms with Gasteiger partial charge in [-0.25, -0.2) is 4.79 Å². The third-order valence-electron chi connectivity index (χ3n) is 6.17. The summed E-state index contributed by atoms with van der Waals surface area (Å²) in [4.78, 5) is 26.4. The lowest BCUT2D eigenvalue weighted by Crippen LogP contribution is -2.51. The molecule has 2 unspecified atom stereocenters. The molecule has 0 radical (unpaired) electrons. The van der Waals surface area contributed by atoms with E-state index >= 15 is 0 Å². The van der Waals surface area contributed by atoms with Crippen LogP contribution in [-0.4, -0.2) is 42.0 Å². The van der Waals surface area contributed by atoms with Gasteiger partial charge in [0.25, 0.3) is 0 Å². The fourth-order valence-corrected chi connectivity index (χ4v) is 4.17. The van der Waals surface area contributed by atoms with Gasteiger partial charge in [-0.15, -0.1) is 0 Å². The standard InChI is InChI=1S/C21H39N3O2/c1-15(2)19(25)22-18-11-13-24(14-12-18)20(26)23-17-8-6-7-16(9-10-17)21(3,4)5/h15-18H,6-14H2,1-5H3,(H,22,25)(H,23,26). The second-order valence-electron chi connectivity index (χ2n) is 9.64. The smallest absolute Gasteiger partial charge is 0.317 e. The topological polar surface area (TPSA) is 61.4 Å². The van der Waals surface area contributed by atoms with Gasteiger partial charge in [-0.3, -0.25) is 4.79 Å². The second-order valence-corrected chi connectivity index (χ2v) is 9.64. The van der Waals surface area contributed by atoms with Crippen LogP contribution < -0.4 is 10.6 Å². The van der Waals surface area contributed by atoms with Gasteiger partial charge in [0.2, 0.25) is 5.91 Å². The van der Waals surface area contributed by atoms with Crippen LogP contribution in [0.15, 0.2) is 0 Å². The first-order chi connectivity index (χ1) is 12.2. The van der Waals surface area contributed by atoms with Gasteiger partial charge >= 0.3 is 6.03 Å². The van der Waals surface area contributed by atoms with Gasteiger partial charge in [-0.05, 0) is 49.9 Å². The maximum atomic E-state index is 12.6. The van der Waals surface area contributed by atoms with Crippen LogP contribution in [0.3, 0.4) is 0 Å². The number of hydrogen-bond acceptors (Lipinski definition) is 2. The summed E-state index contributed by atoms with van der Waals surface area (Å²) in [6.07, 6.45) is 7.57. The van der Waals surface area contributed by atoms with E-state index in [1.165, 1.54) is 19.3 Å². The molecule has 2 atom stereocenters. The van der Waals surface area contributed by atoms with Gasteiger partial charge in [0.05, 0.1) is 0 Å². The highest BCUT2D eigenvalue weighted by Crippen LogP contribution is 2.36. The van der Waals surface area contributed by atoms with Crippen LogP contribution in [0, 0.1) is 17.3 Å². The Hall–Kier alpha value is -1.26. The fraction of sp³-hybridized carbons (Fsp3) is 0.905. The third-order valence-corrected chi connectivity index (χ3v) is 6.17. The van der Waals surface area contributed by atoms with E-state index < -0.39 is 0 Å². The number of likely N-dealkylation sites (tertiary alicyclic amines) is 1. The molecule has 2 fully saturated rings. The van der Waals surface area contributed by atoms with Gasteiger partial charge in [-0.1, -0.05) is 41.0 Å². The number of nitrogens with zero attached hydrogens (tertiary/aromatic N) is 1. The molecule has 2 aliphatic rings. The first kappa shape index (κ1) is 21.0. The van der Waals surface area contributed by atoms with Crippen molar-refractivity contribution in [3.63, 3.8) is 0 Å². The normalized spacial score (nSPS) is 25.7. The molecule has 0 bridgehead atoms. The molecule has 5 nitrogen and oxygen atoms in total. The van der Waals surface area contributed by atoms with E-state index in [0.717, 1.165) is 44.7 Å². The van der Waals surface area contributed by atoms with Crippen molar-refractivity contribution in [1.82, 2.24) is 15.5 Å². The largest absolute Gasteiger partial charge is 0.353 e. The van der Waals surface area contributed by atoms with Gasteiger partial charge in [0.1, 0.15) is 0 Å². The number of hydrogen-bond donors (Lipinski definition) is 2. The van der Waals surface area contributed by atoms with Crippen molar-refractivity contribution in [3.05, 3.63) is 0 Å². The fourth-order valence-electron chi connectivity index (χ4n) is 4.17. The van der Waals surface area contributed by atoms with Crippen LogP contribution in [0.2, 0.25) is 0 Å². The Labute approximate surface area is 159 Å². The highest BCUT2D eigenvalue weighted by atomic mass is 16.2. The van der Waals surface area contributed by atoms with Crippen LogP contribution in [0.1, 0.15) is 79.6 Å². The summed E-state index contributed by atoms with van der Waals surface area (Å²) in [5.41, 5.74) is 0.362. The predicted molar refractivity (Wildman–Crippen MR) is 106 cm³/mol. The molecular formula is C21H39N3O2. The maximum Gasteiger partial charge on any atom is 0.317 e. The molecule has 0 spiro atoms. The molecule has 1 aliphatic carbocycles. The van der Waals surface area contributed by atoms with Crippen LogP contribution >= 0.6 is 0 Å². The molecule has 5 heteroatoms. The Kier molecular flexibility index (Phi) is 7.36. The summed E-state index contributed by atoms with van der Waals surface area (Å²) < 4.78 is 0. The minimum Gasteiger partial charge on any atom is -0.353 e.